The highest BCUT2D eigenvalue weighted by Gasteiger charge is 2.14. The maximum Gasteiger partial charge on any atom is 0.0597 e. The molecule has 88 valence electrons. The van der Waals surface area contributed by atoms with Crippen molar-refractivity contribution < 1.29 is 0 Å². The average molecular weight is 219 g/mol. The van der Waals surface area contributed by atoms with E-state index in [4.69, 9.17) is 6.42 Å². The first kappa shape index (κ1) is 12.8. The van der Waals surface area contributed by atoms with Gasteiger partial charge >= 0.3 is 0 Å². The fourth-order valence-corrected chi connectivity index (χ4v) is 1.97. The number of rotatable bonds is 6. The molecule has 0 aliphatic rings. The molecule has 1 rings (SSSR count). The van der Waals surface area contributed by atoms with Gasteiger partial charge in [0.05, 0.1) is 11.4 Å². The van der Waals surface area contributed by atoms with Crippen molar-refractivity contribution in [1.29, 1.82) is 0 Å². The SMILES string of the molecule is C#CCCCC(NCC)c1cc(C)nn1C. The predicted molar refractivity (Wildman–Crippen MR) is 67.0 cm³/mol. The summed E-state index contributed by atoms with van der Waals surface area (Å²) in [6, 6.07) is 2.51. The number of nitrogens with zero attached hydrogens (tertiary/aromatic N) is 2. The first-order chi connectivity index (χ1) is 7.69. The third-order valence-electron chi connectivity index (χ3n) is 2.66. The van der Waals surface area contributed by atoms with E-state index in [1.807, 2.05) is 18.7 Å². The van der Waals surface area contributed by atoms with Crippen molar-refractivity contribution in [2.24, 2.45) is 7.05 Å². The van der Waals surface area contributed by atoms with E-state index in [-0.39, 0.29) is 0 Å². The molecule has 3 nitrogen and oxygen atoms in total. The van der Waals surface area contributed by atoms with E-state index in [2.05, 4.69) is 29.3 Å². The number of hydrogen-bond donors (Lipinski definition) is 1. The van der Waals surface area contributed by atoms with E-state index >= 15 is 0 Å². The normalized spacial score (nSPS) is 12.4. The van der Waals surface area contributed by atoms with Crippen LogP contribution in [0.25, 0.3) is 0 Å². The molecule has 16 heavy (non-hydrogen) atoms. The summed E-state index contributed by atoms with van der Waals surface area (Å²) in [6.45, 7) is 5.11. The molecule has 1 unspecified atom stereocenters. The maximum atomic E-state index is 5.27. The maximum absolute atomic E-state index is 5.27. The lowest BCUT2D eigenvalue weighted by Gasteiger charge is -2.17. The fraction of sp³-hybridized carbons (Fsp3) is 0.615. The molecule has 0 aliphatic heterocycles. The zero-order chi connectivity index (χ0) is 12.0. The predicted octanol–water partition coefficient (Wildman–Crippen LogP) is 2.18. The van der Waals surface area contributed by atoms with E-state index in [9.17, 15) is 0 Å². The summed E-state index contributed by atoms with van der Waals surface area (Å²) in [7, 11) is 1.99. The quantitative estimate of drug-likeness (QED) is 0.587. The van der Waals surface area contributed by atoms with E-state index in [1.165, 1.54) is 5.69 Å². The molecule has 0 amide bonds. The highest BCUT2D eigenvalue weighted by atomic mass is 15.3. The van der Waals surface area contributed by atoms with Crippen LogP contribution in [0.2, 0.25) is 0 Å². The second-order valence-corrected chi connectivity index (χ2v) is 4.04. The Balaban J connectivity index is 2.69. The molecule has 0 fully saturated rings. The summed E-state index contributed by atoms with van der Waals surface area (Å²) in [6.07, 6.45) is 8.24. The van der Waals surface area contributed by atoms with E-state index in [1.54, 1.807) is 0 Å². The third-order valence-corrected chi connectivity index (χ3v) is 2.66. The molecular weight excluding hydrogens is 198 g/mol. The molecule has 3 heteroatoms. The summed E-state index contributed by atoms with van der Waals surface area (Å²) in [4.78, 5) is 0. The Labute approximate surface area is 98.2 Å². The Bertz CT molecular complexity index is 360. The number of unbranched alkanes of at least 4 members (excludes halogenated alkanes) is 1. The van der Waals surface area contributed by atoms with E-state index in [0.29, 0.717) is 6.04 Å². The van der Waals surface area contributed by atoms with Crippen LogP contribution in [0.15, 0.2) is 6.07 Å². The average Bonchev–Trinajstić information content (AvgIpc) is 2.57. The molecule has 1 heterocycles. The molecule has 0 aromatic carbocycles. The van der Waals surface area contributed by atoms with Gasteiger partial charge in [-0.05, 0) is 32.4 Å². The Morgan fingerprint density at radius 1 is 1.62 bits per heavy atom. The van der Waals surface area contributed by atoms with Gasteiger partial charge in [0.2, 0.25) is 0 Å². The van der Waals surface area contributed by atoms with Crippen LogP contribution in [-0.2, 0) is 7.05 Å². The number of nitrogens with one attached hydrogen (secondary N) is 1. The number of terminal acetylenes is 1. The van der Waals surface area contributed by atoms with Crippen LogP contribution < -0.4 is 5.32 Å². The van der Waals surface area contributed by atoms with Crippen molar-refractivity contribution in [2.75, 3.05) is 6.54 Å². The smallest absolute Gasteiger partial charge is 0.0597 e. The Hall–Kier alpha value is -1.27. The summed E-state index contributed by atoms with van der Waals surface area (Å²) < 4.78 is 1.96. The number of aromatic nitrogens is 2. The van der Waals surface area contributed by atoms with Crippen molar-refractivity contribution in [3.8, 4) is 12.3 Å². The lowest BCUT2D eigenvalue weighted by Crippen LogP contribution is -2.23. The highest BCUT2D eigenvalue weighted by molar-refractivity contribution is 5.13. The van der Waals surface area contributed by atoms with Crippen LogP contribution >= 0.6 is 0 Å². The van der Waals surface area contributed by atoms with Gasteiger partial charge in [0, 0.05) is 19.5 Å². The lowest BCUT2D eigenvalue weighted by atomic mass is 10.1. The second-order valence-electron chi connectivity index (χ2n) is 4.04. The first-order valence-corrected chi connectivity index (χ1v) is 5.86. The second kappa shape index (κ2) is 6.34. The van der Waals surface area contributed by atoms with Crippen molar-refractivity contribution in [2.45, 2.75) is 39.2 Å². The molecule has 0 saturated heterocycles. The summed E-state index contributed by atoms with van der Waals surface area (Å²) >= 11 is 0. The topological polar surface area (TPSA) is 29.9 Å². The Morgan fingerprint density at radius 3 is 2.88 bits per heavy atom. The zero-order valence-corrected chi connectivity index (χ0v) is 10.5. The van der Waals surface area contributed by atoms with Crippen molar-refractivity contribution in [1.82, 2.24) is 15.1 Å². The first-order valence-electron chi connectivity index (χ1n) is 5.86. The van der Waals surface area contributed by atoms with Gasteiger partial charge in [0.15, 0.2) is 0 Å². The van der Waals surface area contributed by atoms with Crippen LogP contribution in [0.5, 0.6) is 0 Å². The van der Waals surface area contributed by atoms with Crippen LogP contribution in [0.4, 0.5) is 0 Å². The van der Waals surface area contributed by atoms with Crippen LogP contribution in [0.3, 0.4) is 0 Å². The standard InChI is InChI=1S/C13H21N3/c1-5-7-8-9-12(14-6-2)13-10-11(3)15-16(13)4/h1,10,12,14H,6-9H2,2-4H3. The Morgan fingerprint density at radius 2 is 2.38 bits per heavy atom. The third kappa shape index (κ3) is 3.39. The van der Waals surface area contributed by atoms with Gasteiger partial charge in [-0.25, -0.2) is 0 Å². The van der Waals surface area contributed by atoms with Crippen molar-refractivity contribution in [3.05, 3.63) is 17.5 Å². The van der Waals surface area contributed by atoms with Gasteiger partial charge < -0.3 is 5.32 Å². The van der Waals surface area contributed by atoms with E-state index < -0.39 is 0 Å². The van der Waals surface area contributed by atoms with Crippen molar-refractivity contribution >= 4 is 0 Å². The highest BCUT2D eigenvalue weighted by Crippen LogP contribution is 2.19. The molecule has 0 bridgehead atoms. The van der Waals surface area contributed by atoms with Crippen LogP contribution in [-0.4, -0.2) is 16.3 Å². The molecule has 1 N–H and O–H groups in total. The van der Waals surface area contributed by atoms with Gasteiger partial charge in [0.25, 0.3) is 0 Å². The van der Waals surface area contributed by atoms with Gasteiger partial charge in [-0.1, -0.05) is 6.92 Å². The number of hydrogen-bond acceptors (Lipinski definition) is 2. The largest absolute Gasteiger partial charge is 0.309 e. The van der Waals surface area contributed by atoms with Crippen LogP contribution in [0.1, 0.15) is 43.6 Å². The molecule has 1 atom stereocenters. The summed E-state index contributed by atoms with van der Waals surface area (Å²) in [5.41, 5.74) is 2.31. The summed E-state index contributed by atoms with van der Waals surface area (Å²) in [5.74, 6) is 2.69. The van der Waals surface area contributed by atoms with Gasteiger partial charge in [0.1, 0.15) is 0 Å². The number of aryl methyl sites for hydroxylation is 2. The molecule has 0 spiro atoms. The minimum absolute atomic E-state index is 0.365. The minimum atomic E-state index is 0.365. The monoisotopic (exact) mass is 219 g/mol. The van der Waals surface area contributed by atoms with Crippen LogP contribution in [0, 0.1) is 19.3 Å². The van der Waals surface area contributed by atoms with Gasteiger partial charge in [-0.3, -0.25) is 4.68 Å². The summed E-state index contributed by atoms with van der Waals surface area (Å²) in [5, 5.41) is 7.86. The molecule has 1 aromatic heterocycles. The molecular formula is C13H21N3. The zero-order valence-electron chi connectivity index (χ0n) is 10.5. The minimum Gasteiger partial charge on any atom is -0.309 e. The van der Waals surface area contributed by atoms with Gasteiger partial charge in [-0.15, -0.1) is 12.3 Å². The molecule has 0 saturated carbocycles. The fourth-order valence-electron chi connectivity index (χ4n) is 1.97. The van der Waals surface area contributed by atoms with E-state index in [0.717, 1.165) is 31.5 Å². The Kier molecular flexibility index (Phi) is 5.07. The van der Waals surface area contributed by atoms with Gasteiger partial charge in [-0.2, -0.15) is 5.10 Å². The molecule has 1 aromatic rings. The molecule has 0 radical (unpaired) electrons. The lowest BCUT2D eigenvalue weighted by molar-refractivity contribution is 0.469. The van der Waals surface area contributed by atoms with Crippen molar-refractivity contribution in [3.63, 3.8) is 0 Å². The molecule has 0 aliphatic carbocycles.